The smallest absolute Gasteiger partial charge is 0.156 e. The summed E-state index contributed by atoms with van der Waals surface area (Å²) in [5.74, 6) is 0.643. The number of anilines is 1. The summed E-state index contributed by atoms with van der Waals surface area (Å²) in [5, 5.41) is 19.3. The highest BCUT2D eigenvalue weighted by Crippen LogP contribution is 2.40. The van der Waals surface area contributed by atoms with Crippen LogP contribution in [0, 0.1) is 11.3 Å². The molecular formula is C26H37ClN4O3S. The van der Waals surface area contributed by atoms with Gasteiger partial charge in [0.1, 0.15) is 17.5 Å². The van der Waals surface area contributed by atoms with E-state index in [1.54, 1.807) is 13.2 Å². The molecule has 9 heteroatoms. The van der Waals surface area contributed by atoms with Crippen molar-refractivity contribution in [1.29, 1.82) is 5.26 Å². The number of azo groups is 1. The second-order valence-electron chi connectivity index (χ2n) is 8.03. The minimum Gasteiger partial charge on any atom is -0.495 e. The molecule has 2 rings (SSSR count). The van der Waals surface area contributed by atoms with Gasteiger partial charge in [-0.15, -0.1) is 21.6 Å². The molecule has 0 bridgehead atoms. The molecule has 0 radical (unpaired) electrons. The first-order valence-corrected chi connectivity index (χ1v) is 13.5. The van der Waals surface area contributed by atoms with Gasteiger partial charge in [-0.05, 0) is 37.8 Å². The summed E-state index contributed by atoms with van der Waals surface area (Å²) in [6, 6.07) is 7.75. The monoisotopic (exact) mass is 520 g/mol. The van der Waals surface area contributed by atoms with Crippen LogP contribution in [0.2, 0.25) is 5.02 Å². The Labute approximate surface area is 218 Å². The summed E-state index contributed by atoms with van der Waals surface area (Å²) in [7, 11) is 1.63. The van der Waals surface area contributed by atoms with E-state index >= 15 is 0 Å². The van der Waals surface area contributed by atoms with Crippen molar-refractivity contribution in [2.45, 2.75) is 52.9 Å². The second-order valence-corrected chi connectivity index (χ2v) is 9.56. The van der Waals surface area contributed by atoms with E-state index in [2.05, 4.69) is 42.0 Å². The minimum absolute atomic E-state index is 0.458. The maximum Gasteiger partial charge on any atom is 0.156 e. The van der Waals surface area contributed by atoms with Crippen molar-refractivity contribution < 1.29 is 14.2 Å². The lowest BCUT2D eigenvalue weighted by atomic mass is 10.2. The molecular weight excluding hydrogens is 484 g/mol. The Balaban J connectivity index is 2.26. The highest BCUT2D eigenvalue weighted by Gasteiger charge is 2.17. The third-order valence-electron chi connectivity index (χ3n) is 5.21. The van der Waals surface area contributed by atoms with Gasteiger partial charge in [0.15, 0.2) is 5.00 Å². The third kappa shape index (κ3) is 9.42. The Bertz CT molecular complexity index is 962. The normalized spacial score (nSPS) is 11.2. The number of benzene rings is 1. The fraction of sp³-hybridized carbons (Fsp3) is 0.577. The van der Waals surface area contributed by atoms with Gasteiger partial charge in [0, 0.05) is 37.2 Å². The first-order chi connectivity index (χ1) is 17.1. The predicted octanol–water partition coefficient (Wildman–Crippen LogP) is 7.70. The van der Waals surface area contributed by atoms with Crippen LogP contribution in [0.15, 0.2) is 28.4 Å². The molecule has 1 aromatic carbocycles. The topological polar surface area (TPSA) is 79.4 Å². The van der Waals surface area contributed by atoms with Crippen molar-refractivity contribution in [2.24, 2.45) is 10.2 Å². The second kappa shape index (κ2) is 16.5. The number of thiophene rings is 1. The van der Waals surface area contributed by atoms with Crippen molar-refractivity contribution in [1.82, 2.24) is 0 Å². The Morgan fingerprint density at radius 2 is 1.66 bits per heavy atom. The SMILES string of the molecule is CCCCc1cc(C#N)c(/N=N/c2cc(OC)c(N(CCOCCC)CCOCCC)cc2Cl)s1. The number of unbranched alkanes of at least 4 members (excludes halogenated alkanes) is 1. The minimum atomic E-state index is 0.458. The standard InChI is InChI=1S/C26H37ClN4O3S/c1-5-8-9-21-16-20(19-28)26(35-21)30-29-23-18-25(32-4)24(17-22(23)27)31(10-14-33-12-6-2)11-15-34-13-7-3/h16-18H,5-15H2,1-4H3/b30-29+. The van der Waals surface area contributed by atoms with Gasteiger partial charge in [0.2, 0.25) is 0 Å². The maximum atomic E-state index is 9.48. The highest BCUT2D eigenvalue weighted by molar-refractivity contribution is 7.16. The van der Waals surface area contributed by atoms with Gasteiger partial charge in [0.25, 0.3) is 0 Å². The van der Waals surface area contributed by atoms with Crippen LogP contribution in [0.4, 0.5) is 16.4 Å². The molecule has 0 fully saturated rings. The summed E-state index contributed by atoms with van der Waals surface area (Å²) < 4.78 is 17.1. The van der Waals surface area contributed by atoms with Crippen LogP contribution in [0.3, 0.4) is 0 Å². The van der Waals surface area contributed by atoms with Crippen molar-refractivity contribution in [3.8, 4) is 11.8 Å². The maximum absolute atomic E-state index is 9.48. The number of nitriles is 1. The van der Waals surface area contributed by atoms with E-state index in [1.807, 2.05) is 12.1 Å². The molecule has 0 N–H and O–H groups in total. The summed E-state index contributed by atoms with van der Waals surface area (Å²) in [4.78, 5) is 3.30. The van der Waals surface area contributed by atoms with Crippen LogP contribution in [0.25, 0.3) is 0 Å². The number of methoxy groups -OCH3 is 1. The highest BCUT2D eigenvalue weighted by atomic mass is 35.5. The zero-order valence-corrected chi connectivity index (χ0v) is 22.9. The number of hydrogen-bond donors (Lipinski definition) is 0. The predicted molar refractivity (Wildman–Crippen MR) is 144 cm³/mol. The zero-order valence-electron chi connectivity index (χ0n) is 21.3. The zero-order chi connectivity index (χ0) is 25.5. The lowest BCUT2D eigenvalue weighted by Crippen LogP contribution is -2.31. The Morgan fingerprint density at radius 3 is 2.23 bits per heavy atom. The lowest BCUT2D eigenvalue weighted by molar-refractivity contribution is 0.129. The first-order valence-electron chi connectivity index (χ1n) is 12.3. The van der Waals surface area contributed by atoms with Gasteiger partial charge in [0.05, 0.1) is 36.6 Å². The van der Waals surface area contributed by atoms with Gasteiger partial charge >= 0.3 is 0 Å². The molecule has 7 nitrogen and oxygen atoms in total. The molecule has 192 valence electrons. The van der Waals surface area contributed by atoms with Crippen LogP contribution in [0.1, 0.15) is 56.9 Å². The molecule has 0 atom stereocenters. The Kier molecular flexibility index (Phi) is 13.7. The van der Waals surface area contributed by atoms with Crippen molar-refractivity contribution in [3.05, 3.63) is 33.7 Å². The van der Waals surface area contributed by atoms with E-state index in [4.69, 9.17) is 25.8 Å². The summed E-state index contributed by atoms with van der Waals surface area (Å²) in [6.07, 6.45) is 5.08. The molecule has 0 saturated heterocycles. The van der Waals surface area contributed by atoms with Crippen LogP contribution >= 0.6 is 22.9 Å². The van der Waals surface area contributed by atoms with E-state index in [0.717, 1.165) is 55.9 Å². The van der Waals surface area contributed by atoms with Gasteiger partial charge < -0.3 is 19.1 Å². The molecule has 35 heavy (non-hydrogen) atoms. The molecule has 0 unspecified atom stereocenters. The van der Waals surface area contributed by atoms with Gasteiger partial charge in [-0.3, -0.25) is 0 Å². The summed E-state index contributed by atoms with van der Waals surface area (Å²) >= 11 is 8.12. The van der Waals surface area contributed by atoms with Crippen molar-refractivity contribution in [2.75, 3.05) is 51.5 Å². The molecule has 1 heterocycles. The lowest BCUT2D eigenvalue weighted by Gasteiger charge is -2.27. The number of aryl methyl sites for hydroxylation is 1. The van der Waals surface area contributed by atoms with Crippen LogP contribution in [0.5, 0.6) is 5.75 Å². The van der Waals surface area contributed by atoms with Crippen molar-refractivity contribution in [3.63, 3.8) is 0 Å². The van der Waals surface area contributed by atoms with Gasteiger partial charge in [-0.2, -0.15) is 5.26 Å². The van der Waals surface area contributed by atoms with Crippen LogP contribution < -0.4 is 9.64 Å². The fourth-order valence-electron chi connectivity index (χ4n) is 3.37. The van der Waals surface area contributed by atoms with E-state index in [0.29, 0.717) is 53.3 Å². The largest absolute Gasteiger partial charge is 0.495 e. The molecule has 0 amide bonds. The number of ether oxygens (including phenoxy) is 3. The van der Waals surface area contributed by atoms with E-state index in [-0.39, 0.29) is 0 Å². The average molecular weight is 521 g/mol. The van der Waals surface area contributed by atoms with Crippen molar-refractivity contribution >= 4 is 39.3 Å². The Hall–Kier alpha value is -2.18. The number of nitrogens with zero attached hydrogens (tertiary/aromatic N) is 4. The first kappa shape index (κ1) is 29.1. The van der Waals surface area contributed by atoms with Crippen LogP contribution in [-0.2, 0) is 15.9 Å². The van der Waals surface area contributed by atoms with E-state index in [1.165, 1.54) is 11.3 Å². The average Bonchev–Trinajstić information content (AvgIpc) is 3.27. The molecule has 2 aromatic rings. The molecule has 0 saturated carbocycles. The van der Waals surface area contributed by atoms with Gasteiger partial charge in [-0.1, -0.05) is 38.8 Å². The van der Waals surface area contributed by atoms with Gasteiger partial charge in [-0.25, -0.2) is 0 Å². The number of hydrogen-bond acceptors (Lipinski definition) is 8. The van der Waals surface area contributed by atoms with E-state index in [9.17, 15) is 5.26 Å². The quantitative estimate of drug-likeness (QED) is 0.158. The fourth-order valence-corrected chi connectivity index (χ4v) is 4.54. The molecule has 1 aromatic heterocycles. The molecule has 0 spiro atoms. The summed E-state index contributed by atoms with van der Waals surface area (Å²) in [5.41, 5.74) is 1.88. The van der Waals surface area contributed by atoms with E-state index < -0.39 is 0 Å². The molecule has 0 aliphatic rings. The van der Waals surface area contributed by atoms with Crippen LogP contribution in [-0.4, -0.2) is 46.6 Å². The molecule has 0 aliphatic heterocycles. The molecule has 0 aliphatic carbocycles. The number of rotatable bonds is 17. The Morgan fingerprint density at radius 1 is 0.971 bits per heavy atom. The third-order valence-corrected chi connectivity index (χ3v) is 6.59. The summed E-state index contributed by atoms with van der Waals surface area (Å²) in [6.45, 7) is 10.3. The number of halogens is 1.